The van der Waals surface area contributed by atoms with Crippen LogP contribution in [-0.2, 0) is 23.9 Å². The average molecular weight is 477 g/mol. The van der Waals surface area contributed by atoms with E-state index >= 15 is 0 Å². The molecular formula is C26H36O8. The Balaban J connectivity index is 1.49. The molecule has 4 aliphatic carbocycles. The molecule has 3 N–H and O–H groups in total. The molecule has 0 heterocycles. The number of hydrogen-bond acceptors (Lipinski definition) is 7. The first-order valence-corrected chi connectivity index (χ1v) is 12.5. The van der Waals surface area contributed by atoms with Crippen molar-refractivity contribution >= 4 is 23.5 Å². The molecule has 34 heavy (non-hydrogen) atoms. The van der Waals surface area contributed by atoms with Gasteiger partial charge in [-0.2, -0.15) is 0 Å². The van der Waals surface area contributed by atoms with Crippen molar-refractivity contribution in [3.63, 3.8) is 0 Å². The molecular weight excluding hydrogens is 440 g/mol. The molecule has 4 aliphatic rings. The standard InChI is InChI=1S/C26H36O8/c1-24-10-8-16(27)12-15(24)6-7-17-18-9-11-26(33,25(18,2)13-19(28)23(17)24)20(29)14-34-22(32)5-3-4-21(30)31/h12,17-19,23,28,33H,3-11,13-14H2,1-2H3,(H,30,31)/t17-,18-,19+,23+,24-,25-,26+/m0/s1. The third-order valence-electron chi connectivity index (χ3n) is 9.65. The number of esters is 1. The monoisotopic (exact) mass is 476 g/mol. The minimum absolute atomic E-state index is 0.0109. The minimum atomic E-state index is -1.69. The Hall–Kier alpha value is -2.06. The van der Waals surface area contributed by atoms with Crippen LogP contribution in [0.2, 0.25) is 0 Å². The van der Waals surface area contributed by atoms with Crippen LogP contribution in [0.25, 0.3) is 0 Å². The highest BCUT2D eigenvalue weighted by Crippen LogP contribution is 2.67. The number of Topliss-reactive ketones (excluding diaryl/α,β-unsaturated/α-hetero) is 1. The van der Waals surface area contributed by atoms with E-state index in [4.69, 9.17) is 9.84 Å². The number of aliphatic carboxylic acids is 1. The molecule has 8 nitrogen and oxygen atoms in total. The van der Waals surface area contributed by atoms with Gasteiger partial charge in [0.1, 0.15) is 5.60 Å². The zero-order chi connectivity index (χ0) is 24.9. The number of allylic oxidation sites excluding steroid dienone is 1. The van der Waals surface area contributed by atoms with Gasteiger partial charge in [0.15, 0.2) is 12.4 Å². The van der Waals surface area contributed by atoms with Crippen LogP contribution in [0.5, 0.6) is 0 Å². The number of carboxylic acids is 1. The highest BCUT2D eigenvalue weighted by molar-refractivity contribution is 5.92. The Kier molecular flexibility index (Phi) is 6.53. The van der Waals surface area contributed by atoms with E-state index in [9.17, 15) is 29.4 Å². The fourth-order valence-corrected chi connectivity index (χ4v) is 7.87. The molecule has 3 saturated carbocycles. The van der Waals surface area contributed by atoms with E-state index < -0.39 is 41.4 Å². The number of aliphatic hydroxyl groups excluding tert-OH is 1. The Morgan fingerprint density at radius 2 is 1.85 bits per heavy atom. The molecule has 0 aliphatic heterocycles. The molecule has 0 amide bonds. The molecule has 0 aromatic rings. The van der Waals surface area contributed by atoms with E-state index in [1.54, 1.807) is 6.08 Å². The molecule has 0 aromatic carbocycles. The van der Waals surface area contributed by atoms with E-state index in [1.165, 1.54) is 0 Å². The molecule has 0 spiro atoms. The van der Waals surface area contributed by atoms with Crippen molar-refractivity contribution in [1.82, 2.24) is 0 Å². The van der Waals surface area contributed by atoms with Gasteiger partial charge in [0, 0.05) is 24.7 Å². The van der Waals surface area contributed by atoms with Gasteiger partial charge in [0.2, 0.25) is 5.78 Å². The molecule has 4 rings (SSSR count). The topological polar surface area (TPSA) is 138 Å². The van der Waals surface area contributed by atoms with Crippen molar-refractivity contribution in [2.24, 2.45) is 28.6 Å². The second-order valence-corrected chi connectivity index (χ2v) is 11.3. The van der Waals surface area contributed by atoms with Gasteiger partial charge in [-0.15, -0.1) is 0 Å². The number of ether oxygens (including phenoxy) is 1. The van der Waals surface area contributed by atoms with Gasteiger partial charge in [-0.1, -0.05) is 19.4 Å². The van der Waals surface area contributed by atoms with Gasteiger partial charge in [0.25, 0.3) is 0 Å². The third kappa shape index (κ3) is 3.92. The summed E-state index contributed by atoms with van der Waals surface area (Å²) >= 11 is 0. The lowest BCUT2D eigenvalue weighted by atomic mass is 9.45. The second kappa shape index (κ2) is 8.86. The summed E-state index contributed by atoms with van der Waals surface area (Å²) in [6, 6.07) is 0. The van der Waals surface area contributed by atoms with E-state index in [1.807, 2.05) is 6.92 Å². The summed E-state index contributed by atoms with van der Waals surface area (Å²) in [5.41, 5.74) is -1.63. The SMILES string of the molecule is C[C@]12CCC(=O)C=C1CC[C@@H]1[C@@H]2[C@H](O)C[C@@]2(C)[C@H]1CC[C@@]2(O)C(=O)COC(=O)CCCC(=O)O. The van der Waals surface area contributed by atoms with Crippen molar-refractivity contribution in [3.8, 4) is 0 Å². The van der Waals surface area contributed by atoms with Crippen LogP contribution in [-0.4, -0.2) is 57.1 Å². The molecule has 0 unspecified atom stereocenters. The summed E-state index contributed by atoms with van der Waals surface area (Å²) in [4.78, 5) is 47.7. The lowest BCUT2D eigenvalue weighted by molar-refractivity contribution is -0.184. The summed E-state index contributed by atoms with van der Waals surface area (Å²) in [7, 11) is 0. The summed E-state index contributed by atoms with van der Waals surface area (Å²) < 4.78 is 5.07. The molecule has 0 saturated heterocycles. The predicted octanol–water partition coefficient (Wildman–Crippen LogP) is 2.59. The van der Waals surface area contributed by atoms with Crippen molar-refractivity contribution in [2.45, 2.75) is 89.8 Å². The third-order valence-corrected chi connectivity index (χ3v) is 9.65. The van der Waals surface area contributed by atoms with Crippen molar-refractivity contribution in [1.29, 1.82) is 0 Å². The van der Waals surface area contributed by atoms with Crippen LogP contribution in [0.4, 0.5) is 0 Å². The van der Waals surface area contributed by atoms with Gasteiger partial charge in [-0.05, 0) is 74.2 Å². The average Bonchev–Trinajstić information content (AvgIpc) is 3.03. The van der Waals surface area contributed by atoms with Crippen LogP contribution in [0.3, 0.4) is 0 Å². The summed E-state index contributed by atoms with van der Waals surface area (Å²) in [6.45, 7) is 3.49. The number of aliphatic hydroxyl groups is 2. The molecule has 7 atom stereocenters. The maximum absolute atomic E-state index is 13.2. The van der Waals surface area contributed by atoms with Gasteiger partial charge >= 0.3 is 11.9 Å². The van der Waals surface area contributed by atoms with Crippen LogP contribution in [0.1, 0.15) is 78.1 Å². The van der Waals surface area contributed by atoms with Crippen LogP contribution < -0.4 is 0 Å². The van der Waals surface area contributed by atoms with Crippen molar-refractivity contribution in [3.05, 3.63) is 11.6 Å². The van der Waals surface area contributed by atoms with Gasteiger partial charge < -0.3 is 20.1 Å². The Morgan fingerprint density at radius 3 is 2.56 bits per heavy atom. The fourth-order valence-electron chi connectivity index (χ4n) is 7.87. The second-order valence-electron chi connectivity index (χ2n) is 11.3. The lowest BCUT2D eigenvalue weighted by Crippen LogP contribution is -2.62. The zero-order valence-electron chi connectivity index (χ0n) is 20.0. The molecule has 0 bridgehead atoms. The number of carboxylic acid groups (broad SMARTS) is 1. The first-order chi connectivity index (χ1) is 15.9. The Bertz CT molecular complexity index is 924. The normalized spacial score (nSPS) is 41.1. The zero-order valence-corrected chi connectivity index (χ0v) is 20.0. The first kappa shape index (κ1) is 25.0. The van der Waals surface area contributed by atoms with Gasteiger partial charge in [-0.25, -0.2) is 0 Å². The predicted molar refractivity (Wildman–Crippen MR) is 121 cm³/mol. The van der Waals surface area contributed by atoms with Gasteiger partial charge in [-0.3, -0.25) is 19.2 Å². The van der Waals surface area contributed by atoms with Crippen LogP contribution >= 0.6 is 0 Å². The maximum atomic E-state index is 13.2. The molecule has 0 aromatic heterocycles. The number of hydrogen-bond donors (Lipinski definition) is 3. The number of ketones is 2. The largest absolute Gasteiger partial charge is 0.481 e. The van der Waals surface area contributed by atoms with Crippen LogP contribution in [0.15, 0.2) is 11.6 Å². The Morgan fingerprint density at radius 1 is 1.12 bits per heavy atom. The van der Waals surface area contributed by atoms with Crippen LogP contribution in [0, 0.1) is 28.6 Å². The summed E-state index contributed by atoms with van der Waals surface area (Å²) in [5.74, 6) is -1.88. The lowest BCUT2D eigenvalue weighted by Gasteiger charge is -2.60. The van der Waals surface area contributed by atoms with Gasteiger partial charge in [0.05, 0.1) is 6.10 Å². The van der Waals surface area contributed by atoms with E-state index in [-0.39, 0.29) is 61.1 Å². The number of fused-ring (bicyclic) bond motifs is 5. The number of rotatable bonds is 7. The quantitative estimate of drug-likeness (QED) is 0.477. The molecule has 0 radical (unpaired) electrons. The Labute approximate surface area is 199 Å². The smallest absolute Gasteiger partial charge is 0.306 e. The number of carbonyl (C=O) groups is 4. The van der Waals surface area contributed by atoms with Crippen molar-refractivity contribution in [2.75, 3.05) is 6.61 Å². The molecule has 3 fully saturated rings. The van der Waals surface area contributed by atoms with E-state index in [2.05, 4.69) is 6.92 Å². The summed E-state index contributed by atoms with van der Waals surface area (Å²) in [5, 5.41) is 31.7. The highest BCUT2D eigenvalue weighted by atomic mass is 16.5. The summed E-state index contributed by atoms with van der Waals surface area (Å²) in [6.07, 6.45) is 4.97. The van der Waals surface area contributed by atoms with Crippen molar-refractivity contribution < 1.29 is 39.2 Å². The maximum Gasteiger partial charge on any atom is 0.306 e. The molecule has 8 heteroatoms. The molecule has 188 valence electrons. The highest BCUT2D eigenvalue weighted by Gasteiger charge is 2.68. The fraction of sp³-hybridized carbons (Fsp3) is 0.769. The number of carbonyl (C=O) groups excluding carboxylic acids is 3. The first-order valence-electron chi connectivity index (χ1n) is 12.5. The van der Waals surface area contributed by atoms with E-state index in [0.717, 1.165) is 24.8 Å². The van der Waals surface area contributed by atoms with E-state index in [0.29, 0.717) is 12.8 Å². The minimum Gasteiger partial charge on any atom is -0.481 e.